The number of benzene rings is 1. The van der Waals surface area contributed by atoms with Crippen LogP contribution >= 0.6 is 0 Å². The van der Waals surface area contributed by atoms with Gasteiger partial charge in [-0.2, -0.15) is 0 Å². The van der Waals surface area contributed by atoms with Crippen molar-refractivity contribution in [2.45, 2.75) is 37.8 Å². The molecule has 2 fully saturated rings. The van der Waals surface area contributed by atoms with Crippen LogP contribution in [0.15, 0.2) is 24.3 Å². The second-order valence-electron chi connectivity index (χ2n) is 7.41. The molecule has 3 heterocycles. The summed E-state index contributed by atoms with van der Waals surface area (Å²) < 4.78 is 5.45. The van der Waals surface area contributed by atoms with Gasteiger partial charge in [-0.15, -0.1) is 0 Å². The molecule has 1 aromatic carbocycles. The van der Waals surface area contributed by atoms with E-state index >= 15 is 0 Å². The van der Waals surface area contributed by atoms with Gasteiger partial charge in [0, 0.05) is 25.7 Å². The van der Waals surface area contributed by atoms with Gasteiger partial charge in [-0.1, -0.05) is 12.1 Å². The molecule has 0 aromatic heterocycles. The van der Waals surface area contributed by atoms with E-state index in [0.717, 1.165) is 17.7 Å². The highest BCUT2D eigenvalue weighted by Crippen LogP contribution is 2.22. The van der Waals surface area contributed by atoms with Crippen molar-refractivity contribution in [1.29, 1.82) is 0 Å². The Morgan fingerprint density at radius 2 is 1.68 bits per heavy atom. The molecular weight excluding hydrogens is 362 g/mol. The molecule has 8 nitrogen and oxygen atoms in total. The number of fused-ring (bicyclic) bond motifs is 1. The summed E-state index contributed by atoms with van der Waals surface area (Å²) in [5.74, 6) is -1.20. The third-order valence-electron chi connectivity index (χ3n) is 5.56. The van der Waals surface area contributed by atoms with Crippen LogP contribution in [0.4, 0.5) is 0 Å². The largest absolute Gasteiger partial charge is 0.368 e. The topological polar surface area (TPSA) is 96.0 Å². The zero-order chi connectivity index (χ0) is 19.7. The van der Waals surface area contributed by atoms with Crippen molar-refractivity contribution in [2.75, 3.05) is 26.2 Å². The maximum Gasteiger partial charge on any atom is 0.262 e. The standard InChI is InChI=1S/C20H23N3O5/c24-17(12-23-18(25)14-4-1-2-5-15(14)19(23)26)21-13-7-9-22(10-8-13)20(27)16-6-3-11-28-16/h1-2,4-5,13,16H,3,6-12H2,(H,21,24). The van der Waals surface area contributed by atoms with Gasteiger partial charge >= 0.3 is 0 Å². The average Bonchev–Trinajstić information content (AvgIpc) is 3.32. The predicted octanol–water partition coefficient (Wildman–Crippen LogP) is 0.569. The zero-order valence-corrected chi connectivity index (χ0v) is 15.6. The number of carbonyl (C=O) groups excluding carboxylic acids is 4. The van der Waals surface area contributed by atoms with Crippen LogP contribution in [0.2, 0.25) is 0 Å². The first kappa shape index (κ1) is 18.6. The summed E-state index contributed by atoms with van der Waals surface area (Å²) >= 11 is 0. The molecule has 148 valence electrons. The van der Waals surface area contributed by atoms with Crippen LogP contribution in [0.3, 0.4) is 0 Å². The molecule has 3 aliphatic rings. The monoisotopic (exact) mass is 385 g/mol. The summed E-state index contributed by atoms with van der Waals surface area (Å²) in [5, 5.41) is 2.89. The zero-order valence-electron chi connectivity index (χ0n) is 15.6. The van der Waals surface area contributed by atoms with Gasteiger partial charge in [0.25, 0.3) is 17.7 Å². The predicted molar refractivity (Wildman–Crippen MR) is 98.5 cm³/mol. The van der Waals surface area contributed by atoms with E-state index < -0.39 is 11.8 Å². The number of hydrogen-bond acceptors (Lipinski definition) is 5. The van der Waals surface area contributed by atoms with Crippen molar-refractivity contribution in [3.05, 3.63) is 35.4 Å². The Hall–Kier alpha value is -2.74. The third kappa shape index (κ3) is 3.52. The van der Waals surface area contributed by atoms with Crippen molar-refractivity contribution in [3.63, 3.8) is 0 Å². The number of hydrogen-bond donors (Lipinski definition) is 1. The Balaban J connectivity index is 1.27. The first-order valence-corrected chi connectivity index (χ1v) is 9.69. The molecule has 4 rings (SSSR count). The fourth-order valence-electron chi connectivity index (χ4n) is 4.02. The van der Waals surface area contributed by atoms with Gasteiger partial charge < -0.3 is 15.0 Å². The van der Waals surface area contributed by atoms with Crippen LogP contribution < -0.4 is 5.32 Å². The number of carbonyl (C=O) groups is 4. The minimum atomic E-state index is -0.437. The number of rotatable bonds is 4. The molecule has 4 amide bonds. The first-order chi connectivity index (χ1) is 13.5. The number of ether oxygens (including phenoxy) is 1. The minimum Gasteiger partial charge on any atom is -0.368 e. The van der Waals surface area contributed by atoms with Gasteiger partial charge in [-0.25, -0.2) is 0 Å². The van der Waals surface area contributed by atoms with Crippen LogP contribution in [-0.2, 0) is 14.3 Å². The van der Waals surface area contributed by atoms with Crippen molar-refractivity contribution in [3.8, 4) is 0 Å². The molecule has 0 spiro atoms. The molecule has 1 atom stereocenters. The van der Waals surface area contributed by atoms with Crippen molar-refractivity contribution in [2.24, 2.45) is 0 Å². The summed E-state index contributed by atoms with van der Waals surface area (Å²) in [5.41, 5.74) is 0.669. The summed E-state index contributed by atoms with van der Waals surface area (Å²) in [7, 11) is 0. The number of amides is 4. The van der Waals surface area contributed by atoms with Crippen LogP contribution in [0.25, 0.3) is 0 Å². The van der Waals surface area contributed by atoms with E-state index in [-0.39, 0.29) is 30.5 Å². The van der Waals surface area contributed by atoms with E-state index in [9.17, 15) is 19.2 Å². The van der Waals surface area contributed by atoms with Crippen LogP contribution in [0.1, 0.15) is 46.4 Å². The maximum absolute atomic E-state index is 12.4. The Morgan fingerprint density at radius 1 is 1.04 bits per heavy atom. The number of piperidine rings is 1. The van der Waals surface area contributed by atoms with Crippen molar-refractivity contribution < 1.29 is 23.9 Å². The summed E-state index contributed by atoms with van der Waals surface area (Å²) in [4.78, 5) is 52.2. The number of nitrogens with one attached hydrogen (secondary N) is 1. The summed E-state index contributed by atoms with van der Waals surface area (Å²) in [6.07, 6.45) is 2.66. The lowest BCUT2D eigenvalue weighted by molar-refractivity contribution is -0.142. The fraction of sp³-hybridized carbons (Fsp3) is 0.500. The second-order valence-corrected chi connectivity index (χ2v) is 7.41. The second kappa shape index (κ2) is 7.71. The molecule has 3 aliphatic heterocycles. The van der Waals surface area contributed by atoms with E-state index in [0.29, 0.717) is 43.7 Å². The van der Waals surface area contributed by atoms with Gasteiger partial charge in [-0.3, -0.25) is 24.1 Å². The molecular formula is C20H23N3O5. The number of imide groups is 1. The van der Waals surface area contributed by atoms with Crippen LogP contribution in [-0.4, -0.2) is 71.8 Å². The first-order valence-electron chi connectivity index (χ1n) is 9.69. The van der Waals surface area contributed by atoms with Gasteiger partial charge in [0.05, 0.1) is 11.1 Å². The molecule has 0 aliphatic carbocycles. The Bertz CT molecular complexity index is 775. The minimum absolute atomic E-state index is 0.0355. The number of nitrogens with zero attached hydrogens (tertiary/aromatic N) is 2. The molecule has 2 saturated heterocycles. The van der Waals surface area contributed by atoms with Crippen molar-refractivity contribution >= 4 is 23.6 Å². The fourth-order valence-corrected chi connectivity index (χ4v) is 4.02. The highest BCUT2D eigenvalue weighted by molar-refractivity contribution is 6.22. The molecule has 0 radical (unpaired) electrons. The molecule has 0 saturated carbocycles. The van der Waals surface area contributed by atoms with E-state index in [4.69, 9.17) is 4.74 Å². The van der Waals surface area contributed by atoms with E-state index in [1.165, 1.54) is 0 Å². The Labute approximate surface area is 162 Å². The molecule has 1 unspecified atom stereocenters. The lowest BCUT2D eigenvalue weighted by Gasteiger charge is -2.33. The quantitative estimate of drug-likeness (QED) is 0.765. The number of likely N-dealkylation sites (tertiary alicyclic amines) is 1. The Morgan fingerprint density at radius 3 is 2.25 bits per heavy atom. The average molecular weight is 385 g/mol. The van der Waals surface area contributed by atoms with Crippen LogP contribution in [0.5, 0.6) is 0 Å². The maximum atomic E-state index is 12.4. The van der Waals surface area contributed by atoms with E-state index in [1.54, 1.807) is 29.2 Å². The van der Waals surface area contributed by atoms with Crippen LogP contribution in [0, 0.1) is 0 Å². The normalized spacial score (nSPS) is 22.5. The molecule has 0 bridgehead atoms. The van der Waals surface area contributed by atoms with E-state index in [2.05, 4.69) is 5.32 Å². The third-order valence-corrected chi connectivity index (χ3v) is 5.56. The lowest BCUT2D eigenvalue weighted by atomic mass is 10.0. The van der Waals surface area contributed by atoms with Gasteiger partial charge in [0.1, 0.15) is 12.6 Å². The highest BCUT2D eigenvalue weighted by atomic mass is 16.5. The summed E-state index contributed by atoms with van der Waals surface area (Å²) in [6, 6.07) is 6.50. The highest BCUT2D eigenvalue weighted by Gasteiger charge is 2.37. The molecule has 8 heteroatoms. The Kier molecular flexibility index (Phi) is 5.13. The molecule has 28 heavy (non-hydrogen) atoms. The smallest absolute Gasteiger partial charge is 0.262 e. The molecule has 1 N–H and O–H groups in total. The lowest BCUT2D eigenvalue weighted by Crippen LogP contribution is -2.50. The molecule has 1 aromatic rings. The van der Waals surface area contributed by atoms with Gasteiger partial charge in [0.15, 0.2) is 0 Å². The summed E-state index contributed by atoms with van der Waals surface area (Å²) in [6.45, 7) is 1.48. The van der Waals surface area contributed by atoms with Crippen molar-refractivity contribution in [1.82, 2.24) is 15.1 Å². The SMILES string of the molecule is O=C(CN1C(=O)c2ccccc2C1=O)NC1CCN(C(=O)C2CCCO2)CC1. The van der Waals surface area contributed by atoms with Gasteiger partial charge in [0.2, 0.25) is 5.91 Å². The van der Waals surface area contributed by atoms with Gasteiger partial charge in [-0.05, 0) is 37.8 Å². The van der Waals surface area contributed by atoms with E-state index in [1.807, 2.05) is 0 Å².